The van der Waals surface area contributed by atoms with E-state index in [2.05, 4.69) is 37.5 Å². The Morgan fingerprint density at radius 3 is 2.08 bits per heavy atom. The normalized spacial score (nSPS) is 30.5. The van der Waals surface area contributed by atoms with Crippen molar-refractivity contribution in [2.24, 2.45) is 17.8 Å². The molecule has 150 valence electrons. The number of rotatable bonds is 5. The van der Waals surface area contributed by atoms with Gasteiger partial charge in [-0.15, -0.1) is 0 Å². The Kier molecular flexibility index (Phi) is 7.01. The summed E-state index contributed by atoms with van der Waals surface area (Å²) in [4.78, 5) is 19.6. The average molecular weight is 364 g/mol. The fourth-order valence-electron chi connectivity index (χ4n) is 5.42. The topological polar surface area (TPSA) is 26.8 Å². The van der Waals surface area contributed by atoms with E-state index in [0.29, 0.717) is 24.5 Å². The van der Waals surface area contributed by atoms with Crippen molar-refractivity contribution in [2.75, 3.05) is 39.3 Å². The number of piperazine rings is 1. The third kappa shape index (κ3) is 5.01. The van der Waals surface area contributed by atoms with Gasteiger partial charge >= 0.3 is 0 Å². The second kappa shape index (κ2) is 9.05. The second-order valence-corrected chi connectivity index (χ2v) is 9.71. The summed E-state index contributed by atoms with van der Waals surface area (Å²) in [5, 5.41) is 0. The van der Waals surface area contributed by atoms with Crippen molar-refractivity contribution in [3.8, 4) is 0 Å². The second-order valence-electron chi connectivity index (χ2n) is 9.71. The van der Waals surface area contributed by atoms with Crippen LogP contribution in [0.3, 0.4) is 0 Å². The lowest BCUT2D eigenvalue weighted by Gasteiger charge is -2.43. The molecule has 0 N–H and O–H groups in total. The molecule has 1 saturated carbocycles. The smallest absolute Gasteiger partial charge is 0.237 e. The first kappa shape index (κ1) is 20.1. The first-order valence-electron chi connectivity index (χ1n) is 11.2. The fourth-order valence-corrected chi connectivity index (χ4v) is 5.42. The molecule has 3 fully saturated rings. The van der Waals surface area contributed by atoms with Gasteiger partial charge in [-0.1, -0.05) is 13.8 Å². The van der Waals surface area contributed by atoms with Crippen molar-refractivity contribution >= 4 is 5.91 Å². The summed E-state index contributed by atoms with van der Waals surface area (Å²) in [7, 11) is 0. The summed E-state index contributed by atoms with van der Waals surface area (Å²) in [6.45, 7) is 15.6. The third-order valence-electron chi connectivity index (χ3n) is 7.33. The molecule has 4 heteroatoms. The van der Waals surface area contributed by atoms with Crippen LogP contribution in [0.2, 0.25) is 0 Å². The minimum Gasteiger partial charge on any atom is -0.338 e. The van der Waals surface area contributed by atoms with Crippen LogP contribution < -0.4 is 0 Å². The van der Waals surface area contributed by atoms with Crippen LogP contribution in [0.5, 0.6) is 0 Å². The maximum atomic E-state index is 12.4. The first-order chi connectivity index (χ1) is 12.4. The molecule has 0 bridgehead atoms. The highest BCUT2D eigenvalue weighted by Gasteiger charge is 2.33. The number of hydrogen-bond acceptors (Lipinski definition) is 3. The fraction of sp³-hybridized carbons (Fsp3) is 0.955. The van der Waals surface area contributed by atoms with E-state index >= 15 is 0 Å². The molecular weight excluding hydrogens is 322 g/mol. The zero-order valence-corrected chi connectivity index (χ0v) is 17.6. The first-order valence-corrected chi connectivity index (χ1v) is 11.2. The van der Waals surface area contributed by atoms with Gasteiger partial charge in [0.1, 0.15) is 0 Å². The molecule has 2 heterocycles. The lowest BCUT2D eigenvalue weighted by atomic mass is 9.83. The van der Waals surface area contributed by atoms with E-state index in [9.17, 15) is 4.79 Å². The quantitative estimate of drug-likeness (QED) is 0.748. The molecule has 3 aliphatic rings. The Morgan fingerprint density at radius 1 is 0.885 bits per heavy atom. The van der Waals surface area contributed by atoms with Crippen LogP contribution in [0, 0.1) is 17.8 Å². The Bertz CT molecular complexity index is 448. The van der Waals surface area contributed by atoms with Crippen LogP contribution in [0.15, 0.2) is 0 Å². The highest BCUT2D eigenvalue weighted by Crippen LogP contribution is 2.31. The van der Waals surface area contributed by atoms with Crippen molar-refractivity contribution in [1.82, 2.24) is 14.7 Å². The number of nitrogens with zero attached hydrogens (tertiary/aromatic N) is 3. The number of likely N-dealkylation sites (tertiary alicyclic amines) is 1. The van der Waals surface area contributed by atoms with E-state index in [-0.39, 0.29) is 0 Å². The minimum atomic E-state index is 0.335. The van der Waals surface area contributed by atoms with Crippen LogP contribution in [0.1, 0.15) is 66.2 Å². The summed E-state index contributed by atoms with van der Waals surface area (Å²) < 4.78 is 0. The van der Waals surface area contributed by atoms with E-state index in [4.69, 9.17) is 0 Å². The molecule has 2 aliphatic heterocycles. The van der Waals surface area contributed by atoms with Gasteiger partial charge in [0.05, 0.1) is 6.54 Å². The van der Waals surface area contributed by atoms with Crippen LogP contribution in [0.4, 0.5) is 0 Å². The Labute approximate surface area is 161 Å². The molecule has 0 aromatic heterocycles. The SMILES string of the molecule is CC(C)C1CCN(C[C@H]2CC[C@H](N3CCN(C(C)C)C(=O)C3)CC2)CC1. The average Bonchev–Trinajstić information content (AvgIpc) is 2.62. The standard InChI is InChI=1S/C22H41N3O/c1-17(2)20-9-11-23(12-10-20)15-19-5-7-21(8-6-19)24-13-14-25(18(3)4)22(26)16-24/h17-21H,5-16H2,1-4H3/t19-,21-. The molecule has 0 aromatic rings. The van der Waals surface area contributed by atoms with Gasteiger partial charge < -0.3 is 9.80 Å². The van der Waals surface area contributed by atoms with Crippen molar-refractivity contribution < 1.29 is 4.79 Å². The maximum absolute atomic E-state index is 12.4. The van der Waals surface area contributed by atoms with E-state index < -0.39 is 0 Å². The minimum absolute atomic E-state index is 0.335. The predicted molar refractivity (Wildman–Crippen MR) is 108 cm³/mol. The summed E-state index contributed by atoms with van der Waals surface area (Å²) in [5.74, 6) is 3.02. The predicted octanol–water partition coefficient (Wildman–Crippen LogP) is 3.47. The number of amides is 1. The zero-order chi connectivity index (χ0) is 18.7. The largest absolute Gasteiger partial charge is 0.338 e. The summed E-state index contributed by atoms with van der Waals surface area (Å²) in [6, 6.07) is 0.997. The molecule has 1 aliphatic carbocycles. The lowest BCUT2D eigenvalue weighted by molar-refractivity contribution is -0.139. The van der Waals surface area contributed by atoms with E-state index in [1.807, 2.05) is 4.90 Å². The van der Waals surface area contributed by atoms with Gasteiger partial charge in [0.15, 0.2) is 0 Å². The van der Waals surface area contributed by atoms with Crippen LogP contribution >= 0.6 is 0 Å². The molecule has 0 atom stereocenters. The van der Waals surface area contributed by atoms with Gasteiger partial charge in [0.2, 0.25) is 5.91 Å². The molecule has 3 rings (SSSR count). The van der Waals surface area contributed by atoms with Gasteiger partial charge in [-0.25, -0.2) is 0 Å². The van der Waals surface area contributed by atoms with E-state index in [0.717, 1.165) is 30.8 Å². The monoisotopic (exact) mass is 363 g/mol. The maximum Gasteiger partial charge on any atom is 0.237 e. The van der Waals surface area contributed by atoms with Crippen LogP contribution in [-0.2, 0) is 4.79 Å². The summed E-state index contributed by atoms with van der Waals surface area (Å²) >= 11 is 0. The van der Waals surface area contributed by atoms with Gasteiger partial charge in [-0.2, -0.15) is 0 Å². The van der Waals surface area contributed by atoms with Crippen molar-refractivity contribution in [2.45, 2.75) is 78.3 Å². The molecule has 0 aromatic carbocycles. The van der Waals surface area contributed by atoms with E-state index in [1.54, 1.807) is 0 Å². The summed E-state index contributed by atoms with van der Waals surface area (Å²) in [6.07, 6.45) is 8.09. The van der Waals surface area contributed by atoms with Gasteiger partial charge in [0, 0.05) is 31.7 Å². The number of carbonyl (C=O) groups is 1. The molecule has 1 amide bonds. The molecular formula is C22H41N3O. The van der Waals surface area contributed by atoms with Gasteiger partial charge in [-0.3, -0.25) is 9.69 Å². The Balaban J connectivity index is 1.38. The zero-order valence-electron chi connectivity index (χ0n) is 17.6. The molecule has 0 spiro atoms. The molecule has 0 unspecified atom stereocenters. The molecule has 2 saturated heterocycles. The Hall–Kier alpha value is -0.610. The van der Waals surface area contributed by atoms with Crippen molar-refractivity contribution in [3.05, 3.63) is 0 Å². The third-order valence-corrected chi connectivity index (χ3v) is 7.33. The highest BCUT2D eigenvalue weighted by atomic mass is 16.2. The van der Waals surface area contributed by atoms with Gasteiger partial charge in [0.25, 0.3) is 0 Å². The highest BCUT2D eigenvalue weighted by molar-refractivity contribution is 5.79. The number of carbonyl (C=O) groups excluding carboxylic acids is 1. The molecule has 0 radical (unpaired) electrons. The molecule has 4 nitrogen and oxygen atoms in total. The lowest BCUT2D eigenvalue weighted by Crippen LogP contribution is -2.56. The number of piperidine rings is 1. The summed E-state index contributed by atoms with van der Waals surface area (Å²) in [5.41, 5.74) is 0. The Morgan fingerprint density at radius 2 is 1.54 bits per heavy atom. The van der Waals surface area contributed by atoms with Crippen molar-refractivity contribution in [1.29, 1.82) is 0 Å². The van der Waals surface area contributed by atoms with Crippen LogP contribution in [-0.4, -0.2) is 72.0 Å². The van der Waals surface area contributed by atoms with Crippen molar-refractivity contribution in [3.63, 3.8) is 0 Å². The molecule has 26 heavy (non-hydrogen) atoms. The van der Waals surface area contributed by atoms with Crippen LogP contribution in [0.25, 0.3) is 0 Å². The number of hydrogen-bond donors (Lipinski definition) is 0. The van der Waals surface area contributed by atoms with Gasteiger partial charge in [-0.05, 0) is 83.2 Å². The van der Waals surface area contributed by atoms with E-state index in [1.165, 1.54) is 58.2 Å².